The monoisotopic (exact) mass is 216 g/mol. The molecule has 82 valence electrons. The van der Waals surface area contributed by atoms with Gasteiger partial charge in [-0.3, -0.25) is 9.48 Å². The van der Waals surface area contributed by atoms with Gasteiger partial charge in [-0.2, -0.15) is 5.10 Å². The fourth-order valence-corrected chi connectivity index (χ4v) is 1.43. The number of rotatable bonds is 3. The first-order valence-corrected chi connectivity index (χ1v) is 4.83. The fraction of sp³-hybridized carbons (Fsp3) is 0.0909. The number of carbonyl (C=O) groups excluding carboxylic acids is 1. The molecule has 0 aliphatic carbocycles. The van der Waals surface area contributed by atoms with Gasteiger partial charge in [0.15, 0.2) is 0 Å². The van der Waals surface area contributed by atoms with Gasteiger partial charge >= 0.3 is 0 Å². The van der Waals surface area contributed by atoms with E-state index in [1.807, 2.05) is 12.1 Å². The van der Waals surface area contributed by atoms with Gasteiger partial charge in [0.2, 0.25) is 5.91 Å². The first-order chi connectivity index (χ1) is 7.65. The number of hydrogen-bond acceptors (Lipinski definition) is 3. The van der Waals surface area contributed by atoms with Crippen LogP contribution in [0.4, 0.5) is 5.82 Å². The van der Waals surface area contributed by atoms with Crippen molar-refractivity contribution >= 4 is 11.7 Å². The van der Waals surface area contributed by atoms with E-state index in [4.69, 9.17) is 11.5 Å². The van der Waals surface area contributed by atoms with Crippen LogP contribution in [0.25, 0.3) is 0 Å². The maximum atomic E-state index is 10.9. The third kappa shape index (κ3) is 2.20. The van der Waals surface area contributed by atoms with Crippen molar-refractivity contribution in [2.75, 3.05) is 5.73 Å². The Labute approximate surface area is 92.7 Å². The molecule has 0 atom stereocenters. The standard InChI is InChI=1S/C11H12N4O/c12-10-5-6-15(14-10)7-8-1-3-9(4-2-8)11(13)16/h1-6H,7H2,(H2,12,14)(H2,13,16). The molecule has 1 aromatic carbocycles. The second kappa shape index (κ2) is 4.06. The van der Waals surface area contributed by atoms with Gasteiger partial charge in [-0.15, -0.1) is 0 Å². The van der Waals surface area contributed by atoms with Crippen LogP contribution in [0.5, 0.6) is 0 Å². The van der Waals surface area contributed by atoms with E-state index in [2.05, 4.69) is 5.10 Å². The molecular formula is C11H12N4O. The average molecular weight is 216 g/mol. The normalized spacial score (nSPS) is 10.2. The fourth-order valence-electron chi connectivity index (χ4n) is 1.43. The lowest BCUT2D eigenvalue weighted by Gasteiger charge is -2.02. The summed E-state index contributed by atoms with van der Waals surface area (Å²) in [7, 11) is 0. The quantitative estimate of drug-likeness (QED) is 0.788. The number of primary amides is 1. The number of anilines is 1. The molecule has 2 aromatic rings. The van der Waals surface area contributed by atoms with Crippen molar-refractivity contribution in [1.82, 2.24) is 9.78 Å². The largest absolute Gasteiger partial charge is 0.382 e. The van der Waals surface area contributed by atoms with Crippen LogP contribution >= 0.6 is 0 Å². The second-order valence-electron chi connectivity index (χ2n) is 3.50. The van der Waals surface area contributed by atoms with Gasteiger partial charge in [0.05, 0.1) is 6.54 Å². The summed E-state index contributed by atoms with van der Waals surface area (Å²) in [6.07, 6.45) is 1.80. The molecule has 0 saturated heterocycles. The van der Waals surface area contributed by atoms with Gasteiger partial charge in [-0.1, -0.05) is 12.1 Å². The van der Waals surface area contributed by atoms with Crippen molar-refractivity contribution in [3.05, 3.63) is 47.7 Å². The third-order valence-electron chi connectivity index (χ3n) is 2.24. The van der Waals surface area contributed by atoms with E-state index >= 15 is 0 Å². The molecule has 5 nitrogen and oxygen atoms in total. The van der Waals surface area contributed by atoms with Gasteiger partial charge in [-0.25, -0.2) is 0 Å². The molecule has 4 N–H and O–H groups in total. The zero-order valence-corrected chi connectivity index (χ0v) is 8.63. The second-order valence-corrected chi connectivity index (χ2v) is 3.50. The number of benzene rings is 1. The number of nitrogen functional groups attached to an aromatic ring is 1. The molecule has 2 rings (SSSR count). The lowest BCUT2D eigenvalue weighted by Crippen LogP contribution is -2.10. The molecule has 16 heavy (non-hydrogen) atoms. The predicted molar refractivity (Wildman–Crippen MR) is 60.7 cm³/mol. The summed E-state index contributed by atoms with van der Waals surface area (Å²) in [5.74, 6) is 0.0728. The van der Waals surface area contributed by atoms with E-state index < -0.39 is 5.91 Å². The zero-order chi connectivity index (χ0) is 11.5. The van der Waals surface area contributed by atoms with Crippen molar-refractivity contribution in [1.29, 1.82) is 0 Å². The molecule has 0 bridgehead atoms. The van der Waals surface area contributed by atoms with E-state index in [9.17, 15) is 4.79 Å². The molecule has 0 aliphatic rings. The van der Waals surface area contributed by atoms with Crippen LogP contribution in [0.2, 0.25) is 0 Å². The Morgan fingerprint density at radius 2 is 1.94 bits per heavy atom. The van der Waals surface area contributed by atoms with Crippen molar-refractivity contribution in [2.24, 2.45) is 5.73 Å². The predicted octanol–water partition coefficient (Wildman–Crippen LogP) is 0.612. The Bertz CT molecular complexity index is 501. The van der Waals surface area contributed by atoms with Crippen LogP contribution in [0.15, 0.2) is 36.5 Å². The Balaban J connectivity index is 2.14. The molecule has 0 unspecified atom stereocenters. The summed E-state index contributed by atoms with van der Waals surface area (Å²) in [6.45, 7) is 0.621. The van der Waals surface area contributed by atoms with E-state index in [1.165, 1.54) is 0 Å². The van der Waals surface area contributed by atoms with E-state index in [0.717, 1.165) is 5.56 Å². The van der Waals surface area contributed by atoms with Gasteiger partial charge < -0.3 is 11.5 Å². The minimum Gasteiger partial charge on any atom is -0.382 e. The maximum absolute atomic E-state index is 10.9. The molecule has 0 fully saturated rings. The van der Waals surface area contributed by atoms with Crippen LogP contribution in [-0.2, 0) is 6.54 Å². The van der Waals surface area contributed by atoms with Crippen LogP contribution in [-0.4, -0.2) is 15.7 Å². The van der Waals surface area contributed by atoms with Gasteiger partial charge in [-0.05, 0) is 23.8 Å². The topological polar surface area (TPSA) is 86.9 Å². The summed E-state index contributed by atoms with van der Waals surface area (Å²) < 4.78 is 1.73. The Kier molecular flexibility index (Phi) is 2.59. The van der Waals surface area contributed by atoms with Gasteiger partial charge in [0.1, 0.15) is 5.82 Å². The van der Waals surface area contributed by atoms with Crippen molar-refractivity contribution < 1.29 is 4.79 Å². The number of aromatic nitrogens is 2. The summed E-state index contributed by atoms with van der Waals surface area (Å²) >= 11 is 0. The molecular weight excluding hydrogens is 204 g/mol. The smallest absolute Gasteiger partial charge is 0.248 e. The molecule has 1 heterocycles. The van der Waals surface area contributed by atoms with E-state index in [0.29, 0.717) is 17.9 Å². The molecule has 5 heteroatoms. The van der Waals surface area contributed by atoms with E-state index in [-0.39, 0.29) is 0 Å². The van der Waals surface area contributed by atoms with Crippen LogP contribution in [0.3, 0.4) is 0 Å². The summed E-state index contributed by atoms with van der Waals surface area (Å²) in [4.78, 5) is 10.9. The van der Waals surface area contributed by atoms with Crippen molar-refractivity contribution in [3.63, 3.8) is 0 Å². The molecule has 0 aliphatic heterocycles. The first kappa shape index (κ1) is 10.2. The van der Waals surface area contributed by atoms with Crippen LogP contribution in [0.1, 0.15) is 15.9 Å². The molecule has 1 aromatic heterocycles. The number of hydrogen-bond donors (Lipinski definition) is 2. The Morgan fingerprint density at radius 3 is 2.44 bits per heavy atom. The SMILES string of the molecule is NC(=O)c1ccc(Cn2ccc(N)n2)cc1. The first-order valence-electron chi connectivity index (χ1n) is 4.83. The number of amides is 1. The molecule has 0 spiro atoms. The zero-order valence-electron chi connectivity index (χ0n) is 8.63. The Hall–Kier alpha value is -2.30. The highest BCUT2D eigenvalue weighted by Gasteiger charge is 2.01. The number of carbonyl (C=O) groups is 1. The highest BCUT2D eigenvalue weighted by Crippen LogP contribution is 2.06. The van der Waals surface area contributed by atoms with Gasteiger partial charge in [0, 0.05) is 11.8 Å². The van der Waals surface area contributed by atoms with Crippen molar-refractivity contribution in [3.8, 4) is 0 Å². The lowest BCUT2D eigenvalue weighted by molar-refractivity contribution is 0.100. The number of nitrogens with zero attached hydrogens (tertiary/aromatic N) is 2. The minimum atomic E-state index is -0.421. The maximum Gasteiger partial charge on any atom is 0.248 e. The van der Waals surface area contributed by atoms with Crippen LogP contribution in [0, 0.1) is 0 Å². The van der Waals surface area contributed by atoms with E-state index in [1.54, 1.807) is 29.1 Å². The summed E-state index contributed by atoms with van der Waals surface area (Å²) in [6, 6.07) is 8.82. The molecule has 1 amide bonds. The minimum absolute atomic E-state index is 0.421. The summed E-state index contributed by atoms with van der Waals surface area (Å²) in [5.41, 5.74) is 12.2. The molecule has 0 radical (unpaired) electrons. The highest BCUT2D eigenvalue weighted by molar-refractivity contribution is 5.92. The third-order valence-corrected chi connectivity index (χ3v) is 2.24. The average Bonchev–Trinajstić information content (AvgIpc) is 2.65. The lowest BCUT2D eigenvalue weighted by atomic mass is 10.1. The number of nitrogens with two attached hydrogens (primary N) is 2. The van der Waals surface area contributed by atoms with Gasteiger partial charge in [0.25, 0.3) is 0 Å². The van der Waals surface area contributed by atoms with Crippen LogP contribution < -0.4 is 11.5 Å². The highest BCUT2D eigenvalue weighted by atomic mass is 16.1. The molecule has 0 saturated carbocycles. The Morgan fingerprint density at radius 1 is 1.25 bits per heavy atom. The van der Waals surface area contributed by atoms with Crippen molar-refractivity contribution in [2.45, 2.75) is 6.54 Å². The summed E-state index contributed by atoms with van der Waals surface area (Å²) in [5, 5.41) is 4.07.